The Morgan fingerprint density at radius 1 is 1.24 bits per heavy atom. The highest BCUT2D eigenvalue weighted by molar-refractivity contribution is 7.10. The zero-order valence-electron chi connectivity index (χ0n) is 20.7. The number of hydrogen-bond donors (Lipinski definition) is 1. The minimum atomic E-state index is -0.237. The van der Waals surface area contributed by atoms with Crippen molar-refractivity contribution < 1.29 is 19.1 Å². The van der Waals surface area contributed by atoms with E-state index >= 15 is 0 Å². The van der Waals surface area contributed by atoms with E-state index in [9.17, 15) is 9.59 Å². The van der Waals surface area contributed by atoms with E-state index in [1.54, 1.807) is 18.4 Å². The van der Waals surface area contributed by atoms with Crippen LogP contribution >= 0.6 is 11.3 Å². The molecule has 0 saturated carbocycles. The maximum absolute atomic E-state index is 13.4. The summed E-state index contributed by atoms with van der Waals surface area (Å²) in [6, 6.07) is 9.82. The molecule has 186 valence electrons. The molecule has 0 aliphatic carbocycles. The van der Waals surface area contributed by atoms with Gasteiger partial charge in [-0.3, -0.25) is 4.79 Å². The molecule has 1 N–H and O–H groups in total. The second kappa shape index (κ2) is 12.8. The van der Waals surface area contributed by atoms with Gasteiger partial charge < -0.3 is 24.6 Å². The Kier molecular flexibility index (Phi) is 9.77. The fourth-order valence-electron chi connectivity index (χ4n) is 4.05. The lowest BCUT2D eigenvalue weighted by molar-refractivity contribution is -0.135. The summed E-state index contributed by atoms with van der Waals surface area (Å²) in [6.07, 6.45) is 1.65. The van der Waals surface area contributed by atoms with Crippen LogP contribution in [0.2, 0.25) is 0 Å². The fraction of sp³-hybridized carbons (Fsp3) is 0.538. The molecule has 0 spiro atoms. The summed E-state index contributed by atoms with van der Waals surface area (Å²) < 4.78 is 11.3. The molecule has 0 bridgehead atoms. The topological polar surface area (TPSA) is 71.1 Å². The van der Waals surface area contributed by atoms with Gasteiger partial charge in [-0.25, -0.2) is 4.79 Å². The highest BCUT2D eigenvalue weighted by Gasteiger charge is 2.33. The van der Waals surface area contributed by atoms with Gasteiger partial charge in [0, 0.05) is 31.6 Å². The maximum Gasteiger partial charge on any atom is 0.317 e. The predicted molar refractivity (Wildman–Crippen MR) is 136 cm³/mol. The first kappa shape index (κ1) is 26.0. The van der Waals surface area contributed by atoms with Gasteiger partial charge in [-0.15, -0.1) is 11.3 Å². The van der Waals surface area contributed by atoms with E-state index in [4.69, 9.17) is 9.47 Å². The summed E-state index contributed by atoms with van der Waals surface area (Å²) in [7, 11) is 1.59. The van der Waals surface area contributed by atoms with Crippen molar-refractivity contribution in [1.29, 1.82) is 0 Å². The Morgan fingerprint density at radius 2 is 2.00 bits per heavy atom. The van der Waals surface area contributed by atoms with Gasteiger partial charge in [0.1, 0.15) is 18.9 Å². The second-order valence-electron chi connectivity index (χ2n) is 8.83. The second-order valence-corrected chi connectivity index (χ2v) is 9.83. The number of carbonyl (C=O) groups is 2. The number of methoxy groups -OCH3 is 1. The summed E-state index contributed by atoms with van der Waals surface area (Å²) in [5, 5.41) is 4.94. The van der Waals surface area contributed by atoms with E-state index in [-0.39, 0.29) is 24.5 Å². The maximum atomic E-state index is 13.4. The molecule has 8 heteroatoms. The van der Waals surface area contributed by atoms with E-state index in [1.807, 2.05) is 24.0 Å². The van der Waals surface area contributed by atoms with Crippen LogP contribution in [0.25, 0.3) is 0 Å². The molecular weight excluding hydrogens is 450 g/mol. The predicted octanol–water partition coefficient (Wildman–Crippen LogP) is 4.44. The number of benzene rings is 1. The summed E-state index contributed by atoms with van der Waals surface area (Å²) in [5.41, 5.74) is 2.40. The Balaban J connectivity index is 1.72. The number of rotatable bonds is 11. The molecule has 0 fully saturated rings. The van der Waals surface area contributed by atoms with E-state index in [1.165, 1.54) is 15.3 Å². The van der Waals surface area contributed by atoms with Crippen LogP contribution in [0, 0.1) is 0 Å². The summed E-state index contributed by atoms with van der Waals surface area (Å²) in [4.78, 5) is 30.7. The van der Waals surface area contributed by atoms with E-state index in [2.05, 4.69) is 42.7 Å². The number of thiophene rings is 1. The number of ether oxygens (including phenoxy) is 2. The van der Waals surface area contributed by atoms with E-state index in [0.29, 0.717) is 38.8 Å². The molecule has 1 atom stereocenters. The SMILES string of the molecule is CCCNC(=O)N(CCOC)CC(=O)N1CCc2sccc2C1COc1ccc(C(C)C)cc1. The number of nitrogens with one attached hydrogen (secondary N) is 1. The average Bonchev–Trinajstić information content (AvgIpc) is 3.32. The number of urea groups is 1. The number of fused-ring (bicyclic) bond motifs is 1. The van der Waals surface area contributed by atoms with Crippen LogP contribution in [-0.2, 0) is 16.0 Å². The summed E-state index contributed by atoms with van der Waals surface area (Å²) in [5.74, 6) is 1.17. The number of nitrogens with zero attached hydrogens (tertiary/aromatic N) is 2. The van der Waals surface area contributed by atoms with Crippen molar-refractivity contribution in [1.82, 2.24) is 15.1 Å². The molecule has 1 aromatic heterocycles. The summed E-state index contributed by atoms with van der Waals surface area (Å²) in [6.45, 7) is 8.63. The minimum absolute atomic E-state index is 0.0119. The fourth-order valence-corrected chi connectivity index (χ4v) is 4.98. The average molecular weight is 488 g/mol. The Labute approximate surface area is 207 Å². The normalized spacial score (nSPS) is 15.2. The first-order valence-corrected chi connectivity index (χ1v) is 12.9. The minimum Gasteiger partial charge on any atom is -0.491 e. The van der Waals surface area contributed by atoms with Gasteiger partial charge in [-0.1, -0.05) is 32.9 Å². The van der Waals surface area contributed by atoms with Crippen molar-refractivity contribution in [2.75, 3.05) is 46.5 Å². The van der Waals surface area contributed by atoms with Crippen molar-refractivity contribution >= 4 is 23.3 Å². The highest BCUT2D eigenvalue weighted by atomic mass is 32.1. The van der Waals surface area contributed by atoms with Crippen LogP contribution in [0.5, 0.6) is 5.75 Å². The molecule has 34 heavy (non-hydrogen) atoms. The quantitative estimate of drug-likeness (QED) is 0.509. The molecule has 1 aliphatic rings. The smallest absolute Gasteiger partial charge is 0.317 e. The zero-order chi connectivity index (χ0) is 24.5. The molecule has 0 radical (unpaired) electrons. The number of hydrogen-bond acceptors (Lipinski definition) is 5. The van der Waals surface area contributed by atoms with Gasteiger partial charge in [0.05, 0.1) is 12.6 Å². The third-order valence-corrected chi connectivity index (χ3v) is 7.07. The van der Waals surface area contributed by atoms with Crippen molar-refractivity contribution in [3.63, 3.8) is 0 Å². The Bertz CT molecular complexity index is 928. The molecular formula is C26H37N3O4S. The molecule has 7 nitrogen and oxygen atoms in total. The number of carbonyl (C=O) groups excluding carboxylic acids is 2. The van der Waals surface area contributed by atoms with Gasteiger partial charge in [-0.2, -0.15) is 0 Å². The lowest BCUT2D eigenvalue weighted by Crippen LogP contribution is -2.50. The number of amides is 3. The lowest BCUT2D eigenvalue weighted by Gasteiger charge is -2.37. The molecule has 1 aliphatic heterocycles. The Morgan fingerprint density at radius 3 is 2.68 bits per heavy atom. The van der Waals surface area contributed by atoms with Crippen LogP contribution in [0.1, 0.15) is 55.2 Å². The van der Waals surface area contributed by atoms with Crippen molar-refractivity contribution in [3.05, 3.63) is 51.7 Å². The largest absolute Gasteiger partial charge is 0.491 e. The van der Waals surface area contributed by atoms with Crippen LogP contribution in [0.4, 0.5) is 4.79 Å². The third kappa shape index (κ3) is 6.73. The van der Waals surface area contributed by atoms with Crippen molar-refractivity contribution in [2.24, 2.45) is 0 Å². The zero-order valence-corrected chi connectivity index (χ0v) is 21.5. The van der Waals surface area contributed by atoms with Gasteiger partial charge in [-0.05, 0) is 53.5 Å². The lowest BCUT2D eigenvalue weighted by atomic mass is 10.00. The van der Waals surface area contributed by atoms with Crippen LogP contribution < -0.4 is 10.1 Å². The van der Waals surface area contributed by atoms with Crippen LogP contribution in [0.3, 0.4) is 0 Å². The molecule has 3 amide bonds. The van der Waals surface area contributed by atoms with Crippen LogP contribution in [-0.4, -0.2) is 68.2 Å². The highest BCUT2D eigenvalue weighted by Crippen LogP contribution is 2.34. The van der Waals surface area contributed by atoms with E-state index in [0.717, 1.165) is 24.2 Å². The molecule has 1 unspecified atom stereocenters. The van der Waals surface area contributed by atoms with Gasteiger partial charge >= 0.3 is 6.03 Å². The van der Waals surface area contributed by atoms with Gasteiger partial charge in [0.15, 0.2) is 0 Å². The molecule has 0 saturated heterocycles. The molecule has 3 rings (SSSR count). The van der Waals surface area contributed by atoms with E-state index < -0.39 is 0 Å². The Hall–Kier alpha value is -2.58. The summed E-state index contributed by atoms with van der Waals surface area (Å²) >= 11 is 1.72. The van der Waals surface area contributed by atoms with Crippen LogP contribution in [0.15, 0.2) is 35.7 Å². The van der Waals surface area contributed by atoms with Crippen molar-refractivity contribution in [3.8, 4) is 5.75 Å². The monoisotopic (exact) mass is 487 g/mol. The first-order chi connectivity index (χ1) is 16.4. The molecule has 1 aromatic carbocycles. The third-order valence-electron chi connectivity index (χ3n) is 6.07. The van der Waals surface area contributed by atoms with Crippen molar-refractivity contribution in [2.45, 2.75) is 45.6 Å². The molecule has 2 heterocycles. The van der Waals surface area contributed by atoms with Gasteiger partial charge in [0.25, 0.3) is 0 Å². The standard InChI is InChI=1S/C26H37N3O4S/c1-5-12-27-26(31)28(14-15-32-4)17-25(30)29-13-10-24-22(11-16-34-24)23(29)18-33-21-8-6-20(7-9-21)19(2)3/h6-9,11,16,19,23H,5,10,12-15,17-18H2,1-4H3,(H,27,31). The molecule has 2 aromatic rings. The van der Waals surface area contributed by atoms with Gasteiger partial charge in [0.2, 0.25) is 5.91 Å². The first-order valence-electron chi connectivity index (χ1n) is 12.0.